The first-order valence-corrected chi connectivity index (χ1v) is 6.94. The predicted molar refractivity (Wildman–Crippen MR) is 76.7 cm³/mol. The summed E-state index contributed by atoms with van der Waals surface area (Å²) in [5.41, 5.74) is 0.895. The van der Waals surface area contributed by atoms with E-state index in [1.54, 1.807) is 14.0 Å². The molecule has 0 spiro atoms. The molecule has 4 nitrogen and oxygen atoms in total. The third-order valence-corrected chi connectivity index (χ3v) is 3.03. The van der Waals surface area contributed by atoms with E-state index in [2.05, 4.69) is 0 Å². The van der Waals surface area contributed by atoms with Crippen molar-refractivity contribution < 1.29 is 19.1 Å². The Labute approximate surface area is 120 Å². The number of carbonyl (C=O) groups is 2. The SMILES string of the molecule is CCCC(=O)[C@H](Cc1cccc(OC)c1)C(=O)OCC. The second kappa shape index (κ2) is 8.35. The van der Waals surface area contributed by atoms with Gasteiger partial charge < -0.3 is 9.47 Å². The Morgan fingerprint density at radius 1 is 1.25 bits per heavy atom. The number of ether oxygens (including phenoxy) is 2. The molecule has 1 aromatic rings. The van der Waals surface area contributed by atoms with E-state index in [4.69, 9.17) is 9.47 Å². The fourth-order valence-electron chi connectivity index (χ4n) is 2.03. The Morgan fingerprint density at radius 3 is 2.60 bits per heavy atom. The summed E-state index contributed by atoms with van der Waals surface area (Å²) in [7, 11) is 1.59. The van der Waals surface area contributed by atoms with Crippen molar-refractivity contribution in [3.8, 4) is 5.75 Å². The number of hydrogen-bond acceptors (Lipinski definition) is 4. The third-order valence-electron chi connectivity index (χ3n) is 3.03. The number of hydrogen-bond donors (Lipinski definition) is 0. The summed E-state index contributed by atoms with van der Waals surface area (Å²) >= 11 is 0. The van der Waals surface area contributed by atoms with Gasteiger partial charge in [-0.05, 0) is 37.5 Å². The Balaban J connectivity index is 2.87. The number of carbonyl (C=O) groups excluding carboxylic acids is 2. The smallest absolute Gasteiger partial charge is 0.316 e. The lowest BCUT2D eigenvalue weighted by molar-refractivity contribution is -0.151. The summed E-state index contributed by atoms with van der Waals surface area (Å²) in [6.07, 6.45) is 1.48. The van der Waals surface area contributed by atoms with Crippen molar-refractivity contribution in [2.24, 2.45) is 5.92 Å². The van der Waals surface area contributed by atoms with Crippen LogP contribution in [0.5, 0.6) is 5.75 Å². The molecule has 0 unspecified atom stereocenters. The van der Waals surface area contributed by atoms with E-state index in [1.165, 1.54) is 0 Å². The highest BCUT2D eigenvalue weighted by Crippen LogP contribution is 2.18. The van der Waals surface area contributed by atoms with Crippen LogP contribution in [-0.4, -0.2) is 25.5 Å². The molecule has 0 aromatic heterocycles. The maximum absolute atomic E-state index is 12.1. The molecule has 0 fully saturated rings. The van der Waals surface area contributed by atoms with Gasteiger partial charge >= 0.3 is 5.97 Å². The summed E-state index contributed by atoms with van der Waals surface area (Å²) in [5.74, 6) is -0.502. The molecule has 4 heteroatoms. The summed E-state index contributed by atoms with van der Waals surface area (Å²) in [5, 5.41) is 0. The molecule has 0 aliphatic rings. The van der Waals surface area contributed by atoms with Crippen LogP contribution in [0.15, 0.2) is 24.3 Å². The Morgan fingerprint density at radius 2 is 2.00 bits per heavy atom. The molecule has 0 radical (unpaired) electrons. The van der Waals surface area contributed by atoms with Crippen molar-refractivity contribution in [1.29, 1.82) is 0 Å². The number of ketones is 1. The maximum Gasteiger partial charge on any atom is 0.316 e. The van der Waals surface area contributed by atoms with Crippen molar-refractivity contribution in [2.45, 2.75) is 33.1 Å². The summed E-state index contributed by atoms with van der Waals surface area (Å²) in [6.45, 7) is 3.95. The van der Waals surface area contributed by atoms with Gasteiger partial charge in [0.05, 0.1) is 13.7 Å². The summed E-state index contributed by atoms with van der Waals surface area (Å²) < 4.78 is 10.2. The fraction of sp³-hybridized carbons (Fsp3) is 0.500. The van der Waals surface area contributed by atoms with E-state index in [-0.39, 0.29) is 12.4 Å². The second-order valence-electron chi connectivity index (χ2n) is 4.58. The largest absolute Gasteiger partial charge is 0.497 e. The zero-order valence-corrected chi connectivity index (χ0v) is 12.3. The lowest BCUT2D eigenvalue weighted by Gasteiger charge is -2.14. The third kappa shape index (κ3) is 4.68. The average molecular weight is 278 g/mol. The van der Waals surface area contributed by atoms with Crippen LogP contribution >= 0.6 is 0 Å². The van der Waals surface area contributed by atoms with Gasteiger partial charge in [-0.2, -0.15) is 0 Å². The first kappa shape index (κ1) is 16.2. The number of methoxy groups -OCH3 is 1. The van der Waals surface area contributed by atoms with Gasteiger partial charge in [0.15, 0.2) is 0 Å². The van der Waals surface area contributed by atoms with E-state index in [0.717, 1.165) is 12.0 Å². The van der Waals surface area contributed by atoms with E-state index >= 15 is 0 Å². The van der Waals surface area contributed by atoms with Crippen LogP contribution in [0.4, 0.5) is 0 Å². The van der Waals surface area contributed by atoms with Gasteiger partial charge in [-0.1, -0.05) is 19.1 Å². The molecule has 0 saturated heterocycles. The van der Waals surface area contributed by atoms with E-state index in [1.807, 2.05) is 31.2 Å². The van der Waals surface area contributed by atoms with Gasteiger partial charge in [0.2, 0.25) is 0 Å². The van der Waals surface area contributed by atoms with Gasteiger partial charge in [-0.3, -0.25) is 9.59 Å². The van der Waals surface area contributed by atoms with Crippen LogP contribution in [0.25, 0.3) is 0 Å². The molecular weight excluding hydrogens is 256 g/mol. The van der Waals surface area contributed by atoms with Crippen molar-refractivity contribution in [3.05, 3.63) is 29.8 Å². The van der Waals surface area contributed by atoms with E-state index < -0.39 is 11.9 Å². The summed E-state index contributed by atoms with van der Waals surface area (Å²) in [6, 6.07) is 7.40. The minimum Gasteiger partial charge on any atom is -0.497 e. The van der Waals surface area contributed by atoms with Crippen LogP contribution < -0.4 is 4.74 Å². The van der Waals surface area contributed by atoms with E-state index in [0.29, 0.717) is 18.6 Å². The molecule has 110 valence electrons. The zero-order chi connectivity index (χ0) is 15.0. The van der Waals surface area contributed by atoms with Crippen LogP contribution in [-0.2, 0) is 20.7 Å². The predicted octanol–water partition coefficient (Wildman–Crippen LogP) is 2.79. The van der Waals surface area contributed by atoms with Gasteiger partial charge in [0.1, 0.15) is 17.5 Å². The highest BCUT2D eigenvalue weighted by Gasteiger charge is 2.27. The molecular formula is C16H22O4. The molecule has 0 heterocycles. The van der Waals surface area contributed by atoms with E-state index in [9.17, 15) is 9.59 Å². The molecule has 20 heavy (non-hydrogen) atoms. The lowest BCUT2D eigenvalue weighted by Crippen LogP contribution is -2.28. The van der Waals surface area contributed by atoms with Gasteiger partial charge in [-0.25, -0.2) is 0 Å². The number of benzene rings is 1. The molecule has 0 aliphatic heterocycles. The average Bonchev–Trinajstić information content (AvgIpc) is 2.45. The first-order valence-electron chi connectivity index (χ1n) is 6.94. The van der Waals surface area contributed by atoms with Crippen molar-refractivity contribution in [1.82, 2.24) is 0 Å². The summed E-state index contributed by atoms with van der Waals surface area (Å²) in [4.78, 5) is 24.0. The maximum atomic E-state index is 12.1. The standard InChI is InChI=1S/C16H22O4/c1-4-7-15(17)14(16(18)20-5-2)11-12-8-6-9-13(10-12)19-3/h6,8-10,14H,4-5,7,11H2,1-3H3/t14-/m0/s1. The normalized spacial score (nSPS) is 11.8. The zero-order valence-electron chi connectivity index (χ0n) is 12.3. The van der Waals surface area contributed by atoms with Gasteiger partial charge in [0.25, 0.3) is 0 Å². The quantitative estimate of drug-likeness (QED) is 0.542. The molecule has 0 bridgehead atoms. The highest BCUT2D eigenvalue weighted by atomic mass is 16.5. The molecule has 1 rings (SSSR count). The number of rotatable bonds is 8. The number of esters is 1. The monoisotopic (exact) mass is 278 g/mol. The Hall–Kier alpha value is -1.84. The van der Waals surface area contributed by atoms with Gasteiger partial charge in [0, 0.05) is 6.42 Å². The molecule has 0 aliphatic carbocycles. The molecule has 0 N–H and O–H groups in total. The van der Waals surface area contributed by atoms with Crippen LogP contribution in [0, 0.1) is 5.92 Å². The topological polar surface area (TPSA) is 52.6 Å². The highest BCUT2D eigenvalue weighted by molar-refractivity contribution is 5.99. The number of Topliss-reactive ketones (excluding diaryl/α,β-unsaturated/α-hetero) is 1. The minimum atomic E-state index is -0.720. The molecule has 0 saturated carbocycles. The Kier molecular flexibility index (Phi) is 6.77. The molecule has 1 aromatic carbocycles. The fourth-order valence-corrected chi connectivity index (χ4v) is 2.03. The Bertz CT molecular complexity index is 436. The van der Waals surface area contributed by atoms with Crippen LogP contribution in [0.2, 0.25) is 0 Å². The van der Waals surface area contributed by atoms with Crippen molar-refractivity contribution in [2.75, 3.05) is 13.7 Å². The van der Waals surface area contributed by atoms with Crippen LogP contribution in [0.1, 0.15) is 32.3 Å². The van der Waals surface area contributed by atoms with Gasteiger partial charge in [-0.15, -0.1) is 0 Å². The van der Waals surface area contributed by atoms with Crippen LogP contribution in [0.3, 0.4) is 0 Å². The molecule has 0 amide bonds. The first-order chi connectivity index (χ1) is 9.62. The minimum absolute atomic E-state index is 0.0613. The lowest BCUT2D eigenvalue weighted by atomic mass is 9.93. The van der Waals surface area contributed by atoms with Crippen molar-refractivity contribution >= 4 is 11.8 Å². The molecule has 1 atom stereocenters. The van der Waals surface area contributed by atoms with Crippen molar-refractivity contribution in [3.63, 3.8) is 0 Å². The second-order valence-corrected chi connectivity index (χ2v) is 4.58.